The van der Waals surface area contributed by atoms with Crippen LogP contribution in [0.25, 0.3) is 34.3 Å². The molecule has 0 aliphatic rings. The van der Waals surface area contributed by atoms with Gasteiger partial charge in [0.2, 0.25) is 0 Å². The lowest BCUT2D eigenvalue weighted by Gasteiger charge is -2.09. The summed E-state index contributed by atoms with van der Waals surface area (Å²) in [6.07, 6.45) is 10.5. The van der Waals surface area contributed by atoms with Crippen molar-refractivity contribution < 1.29 is 17.3 Å². The van der Waals surface area contributed by atoms with Gasteiger partial charge in [-0.25, -0.2) is 4.98 Å². The molecule has 0 atom stereocenters. The van der Waals surface area contributed by atoms with E-state index in [-0.39, 0.29) is 23.2 Å². The minimum Gasteiger partial charge on any atom is -0.390 e. The summed E-state index contributed by atoms with van der Waals surface area (Å²) >= 11 is 0. The highest BCUT2D eigenvalue weighted by atomic mass is 32.2. The van der Waals surface area contributed by atoms with Gasteiger partial charge in [0.1, 0.15) is 29.9 Å². The lowest BCUT2D eigenvalue weighted by molar-refractivity contribution is 0.0920. The van der Waals surface area contributed by atoms with Gasteiger partial charge in [0.05, 0.1) is 37.7 Å². The number of benzene rings is 1. The van der Waals surface area contributed by atoms with Gasteiger partial charge in [-0.1, -0.05) is 30.8 Å². The molecule has 2 aromatic heterocycles. The summed E-state index contributed by atoms with van der Waals surface area (Å²) in [5, 5.41) is 10.1. The van der Waals surface area contributed by atoms with Crippen molar-refractivity contribution in [1.82, 2.24) is 9.55 Å². The smallest absolute Gasteiger partial charge is 0.264 e. The van der Waals surface area contributed by atoms with E-state index in [0.29, 0.717) is 19.0 Å². The van der Waals surface area contributed by atoms with Gasteiger partial charge in [-0.2, -0.15) is 13.7 Å². The molecule has 0 aliphatic carbocycles. The van der Waals surface area contributed by atoms with Gasteiger partial charge in [0.25, 0.3) is 10.1 Å². The van der Waals surface area contributed by atoms with Gasteiger partial charge >= 0.3 is 0 Å². The third-order valence-electron chi connectivity index (χ3n) is 5.18. The molecule has 0 spiro atoms. The first-order valence-corrected chi connectivity index (χ1v) is 14.7. The van der Waals surface area contributed by atoms with Crippen molar-refractivity contribution in [3.8, 4) is 17.2 Å². The molecule has 2 N–H and O–H groups in total. The third kappa shape index (κ3) is 6.96. The van der Waals surface area contributed by atoms with Gasteiger partial charge in [-0.3, -0.25) is 4.18 Å². The molecular formula is C25H29N4O4S2+. The van der Waals surface area contributed by atoms with Crippen LogP contribution in [0.15, 0.2) is 48.8 Å². The van der Waals surface area contributed by atoms with E-state index < -0.39 is 10.1 Å². The molecule has 0 bridgehead atoms. The van der Waals surface area contributed by atoms with E-state index in [1.807, 2.05) is 41.0 Å². The molecule has 1 aromatic carbocycles. The van der Waals surface area contributed by atoms with E-state index in [1.165, 1.54) is 0 Å². The SMILES string of the molecule is C=Cc1c(/C=C(\N)C#N)c2cc(-c3ccc(COS(C)(=O)=O)cc3)cnc2n1COCC[S+](C)C. The van der Waals surface area contributed by atoms with E-state index in [1.54, 1.807) is 18.3 Å². The molecule has 0 radical (unpaired) electrons. The quantitative estimate of drug-likeness (QED) is 0.180. The molecule has 0 saturated carbocycles. The Morgan fingerprint density at radius 1 is 1.29 bits per heavy atom. The molecule has 0 aliphatic heterocycles. The molecule has 3 aromatic rings. The third-order valence-corrected chi connectivity index (χ3v) is 6.71. The van der Waals surface area contributed by atoms with Gasteiger partial charge < -0.3 is 15.0 Å². The Hall–Kier alpha value is -3.10. The van der Waals surface area contributed by atoms with Crippen molar-refractivity contribution in [2.75, 3.05) is 31.1 Å². The number of ether oxygens (including phenoxy) is 1. The predicted octanol–water partition coefficient (Wildman–Crippen LogP) is 3.50. The number of fused-ring (bicyclic) bond motifs is 1. The first-order valence-electron chi connectivity index (χ1n) is 10.7. The zero-order valence-electron chi connectivity index (χ0n) is 20.0. The van der Waals surface area contributed by atoms with Crippen LogP contribution in [-0.4, -0.2) is 49.1 Å². The summed E-state index contributed by atoms with van der Waals surface area (Å²) in [7, 11) is -3.23. The van der Waals surface area contributed by atoms with Crippen LogP contribution in [0.2, 0.25) is 0 Å². The van der Waals surface area contributed by atoms with E-state index in [0.717, 1.165) is 45.3 Å². The van der Waals surface area contributed by atoms with E-state index in [4.69, 9.17) is 19.6 Å². The van der Waals surface area contributed by atoms with Crippen LogP contribution < -0.4 is 5.73 Å². The molecule has 0 amide bonds. The van der Waals surface area contributed by atoms with Crippen LogP contribution in [0.4, 0.5) is 0 Å². The van der Waals surface area contributed by atoms with E-state index in [2.05, 4.69) is 19.1 Å². The van der Waals surface area contributed by atoms with Crippen LogP contribution >= 0.6 is 0 Å². The van der Waals surface area contributed by atoms with Crippen molar-refractivity contribution in [1.29, 1.82) is 5.26 Å². The first kappa shape index (κ1) is 26.5. The zero-order valence-corrected chi connectivity index (χ0v) is 21.7. The Morgan fingerprint density at radius 2 is 2.00 bits per heavy atom. The number of aromatic nitrogens is 2. The first-order chi connectivity index (χ1) is 16.6. The fourth-order valence-electron chi connectivity index (χ4n) is 3.47. The van der Waals surface area contributed by atoms with Crippen LogP contribution in [0.3, 0.4) is 0 Å². The van der Waals surface area contributed by atoms with E-state index in [9.17, 15) is 13.7 Å². The molecule has 8 nitrogen and oxygen atoms in total. The largest absolute Gasteiger partial charge is 0.390 e. The highest BCUT2D eigenvalue weighted by Gasteiger charge is 2.17. The molecule has 0 fully saturated rings. The fraction of sp³-hybridized carbons (Fsp3) is 0.280. The predicted molar refractivity (Wildman–Crippen MR) is 143 cm³/mol. The summed E-state index contributed by atoms with van der Waals surface area (Å²) in [5.41, 5.74) is 10.6. The van der Waals surface area contributed by atoms with Crippen molar-refractivity contribution in [3.05, 3.63) is 65.6 Å². The molecule has 2 heterocycles. The van der Waals surface area contributed by atoms with Crippen molar-refractivity contribution in [3.63, 3.8) is 0 Å². The summed E-state index contributed by atoms with van der Waals surface area (Å²) in [5.74, 6) is 0.972. The summed E-state index contributed by atoms with van der Waals surface area (Å²) in [6, 6.07) is 11.3. The minimum atomic E-state index is -3.51. The Balaban J connectivity index is 2.01. The maximum Gasteiger partial charge on any atom is 0.264 e. The van der Waals surface area contributed by atoms with Gasteiger partial charge in [0, 0.05) is 22.7 Å². The second kappa shape index (κ2) is 11.6. The molecule has 10 heteroatoms. The Morgan fingerprint density at radius 3 is 2.60 bits per heavy atom. The number of nitrogens with zero attached hydrogens (tertiary/aromatic N) is 3. The molecule has 3 rings (SSSR count). The second-order valence-electron chi connectivity index (χ2n) is 8.13. The molecular weight excluding hydrogens is 484 g/mol. The average molecular weight is 514 g/mol. The number of hydrogen-bond acceptors (Lipinski definition) is 7. The minimum absolute atomic E-state index is 0.0262. The van der Waals surface area contributed by atoms with Gasteiger partial charge in [-0.05, 0) is 40.2 Å². The monoisotopic (exact) mass is 513 g/mol. The average Bonchev–Trinajstić information content (AvgIpc) is 3.11. The molecule has 35 heavy (non-hydrogen) atoms. The zero-order chi connectivity index (χ0) is 25.6. The second-order valence-corrected chi connectivity index (χ2v) is 12.2. The number of nitrogens with two attached hydrogens (primary N) is 1. The van der Waals surface area contributed by atoms with E-state index >= 15 is 0 Å². The fourth-order valence-corrected chi connectivity index (χ4v) is 4.27. The summed E-state index contributed by atoms with van der Waals surface area (Å²) < 4.78 is 35.2. The number of allylic oxidation sites excluding steroid dienone is 1. The number of pyridine rings is 1. The highest BCUT2D eigenvalue weighted by Crippen LogP contribution is 2.31. The highest BCUT2D eigenvalue weighted by molar-refractivity contribution is 7.95. The molecule has 0 unspecified atom stereocenters. The van der Waals surface area contributed by atoms with Crippen molar-refractivity contribution in [2.45, 2.75) is 13.3 Å². The van der Waals surface area contributed by atoms with Crippen LogP contribution in [0.5, 0.6) is 0 Å². The Kier molecular flexibility index (Phi) is 8.75. The van der Waals surface area contributed by atoms with Crippen LogP contribution in [0.1, 0.15) is 16.8 Å². The normalized spacial score (nSPS) is 12.3. The standard InChI is InChI=1S/C25H29N4O4S2/c1-5-24-22(13-21(27)14-26)23-12-20(15-28-25(23)29(24)17-32-10-11-34(2)3)19-8-6-18(7-9-19)16-33-35(4,30)31/h5-9,12-13,15H,1,10-11,16-17,27H2,2-4H3/q+1/b21-13-. The van der Waals surface area contributed by atoms with Crippen LogP contribution in [0, 0.1) is 11.3 Å². The maximum atomic E-state index is 11.2. The number of hydrogen-bond donors (Lipinski definition) is 1. The maximum absolute atomic E-state index is 11.2. The Labute approximate surface area is 209 Å². The topological polar surface area (TPSA) is 120 Å². The van der Waals surface area contributed by atoms with Crippen molar-refractivity contribution in [2.24, 2.45) is 5.73 Å². The molecule has 0 saturated heterocycles. The lowest BCUT2D eigenvalue weighted by Crippen LogP contribution is -2.12. The Bertz CT molecular complexity index is 1390. The number of rotatable bonds is 11. The molecule has 184 valence electrons. The summed E-state index contributed by atoms with van der Waals surface area (Å²) in [4.78, 5) is 4.70. The van der Waals surface area contributed by atoms with Crippen molar-refractivity contribution >= 4 is 44.2 Å². The van der Waals surface area contributed by atoms with Gasteiger partial charge in [0.15, 0.2) is 0 Å². The van der Waals surface area contributed by atoms with Gasteiger partial charge in [-0.15, -0.1) is 0 Å². The number of nitriles is 1. The lowest BCUT2D eigenvalue weighted by atomic mass is 10.0. The summed E-state index contributed by atoms with van der Waals surface area (Å²) in [6.45, 7) is 4.86. The van der Waals surface area contributed by atoms with Crippen LogP contribution in [-0.2, 0) is 43.3 Å².